The van der Waals surface area contributed by atoms with Crippen LogP contribution in [0.4, 0.5) is 0 Å². The summed E-state index contributed by atoms with van der Waals surface area (Å²) < 4.78 is 9.03. The van der Waals surface area contributed by atoms with Crippen molar-refractivity contribution in [3.63, 3.8) is 0 Å². The van der Waals surface area contributed by atoms with Gasteiger partial charge in [0.25, 0.3) is 0 Å². The Bertz CT molecular complexity index is 781. The van der Waals surface area contributed by atoms with Crippen LogP contribution in [-0.2, 0) is 38.2 Å². The average molecular weight is 525 g/mol. The molecule has 0 aliphatic rings. The molecule has 0 saturated carbocycles. The zero-order chi connectivity index (χ0) is 28.9. The molecule has 0 saturated heterocycles. The zero-order valence-corrected chi connectivity index (χ0v) is 21.0. The van der Waals surface area contributed by atoms with E-state index in [1.807, 2.05) is 0 Å². The van der Waals surface area contributed by atoms with Gasteiger partial charge in [-0.3, -0.25) is 19.2 Å². The van der Waals surface area contributed by atoms with Crippen molar-refractivity contribution < 1.29 is 68.9 Å². The molecule has 208 valence electrons. The van der Waals surface area contributed by atoms with Crippen molar-refractivity contribution in [3.05, 3.63) is 0 Å². The van der Waals surface area contributed by atoms with E-state index in [4.69, 9.17) is 10.2 Å². The molecule has 0 amide bonds. The quantitative estimate of drug-likeness (QED) is 0.160. The van der Waals surface area contributed by atoms with Gasteiger partial charge in [-0.25, -0.2) is 9.59 Å². The molecule has 0 fully saturated rings. The number of carboxylic acids is 4. The SMILES string of the molecule is CCC(C(=O)O)C(O)(C(=O)O)C(CC)(CC)C(=O)O.CCOC(=O)CC(O)(CC(=O)OCC)C(=O)O. The highest BCUT2D eigenvalue weighted by atomic mass is 16.5. The van der Waals surface area contributed by atoms with Gasteiger partial charge in [0.2, 0.25) is 0 Å². The van der Waals surface area contributed by atoms with Crippen LogP contribution >= 0.6 is 0 Å². The van der Waals surface area contributed by atoms with E-state index in [1.54, 1.807) is 13.8 Å². The Kier molecular flexibility index (Phi) is 14.5. The summed E-state index contributed by atoms with van der Waals surface area (Å²) in [6, 6.07) is 0. The lowest BCUT2D eigenvalue weighted by molar-refractivity contribution is -0.205. The first-order valence-electron chi connectivity index (χ1n) is 11.2. The highest BCUT2D eigenvalue weighted by Gasteiger charge is 2.64. The Balaban J connectivity index is 0. The topological polar surface area (TPSA) is 242 Å². The van der Waals surface area contributed by atoms with E-state index in [9.17, 15) is 49.2 Å². The lowest BCUT2D eigenvalue weighted by atomic mass is 9.61. The van der Waals surface area contributed by atoms with E-state index in [1.165, 1.54) is 20.8 Å². The van der Waals surface area contributed by atoms with Crippen LogP contribution in [0.15, 0.2) is 0 Å². The summed E-state index contributed by atoms with van der Waals surface area (Å²) in [7, 11) is 0. The van der Waals surface area contributed by atoms with Crippen LogP contribution in [0.1, 0.15) is 66.7 Å². The lowest BCUT2D eigenvalue weighted by Gasteiger charge is -2.43. The number of aliphatic hydroxyl groups is 2. The number of hydrogen-bond donors (Lipinski definition) is 6. The minimum absolute atomic E-state index is 0.0634. The van der Waals surface area contributed by atoms with Crippen LogP contribution in [0.25, 0.3) is 0 Å². The second-order valence-electron chi connectivity index (χ2n) is 7.77. The van der Waals surface area contributed by atoms with Crippen molar-refractivity contribution >= 4 is 35.8 Å². The summed E-state index contributed by atoms with van der Waals surface area (Å²) in [5.74, 6) is -10.0. The first-order chi connectivity index (χ1) is 16.5. The van der Waals surface area contributed by atoms with Crippen LogP contribution in [0.2, 0.25) is 0 Å². The highest BCUT2D eigenvalue weighted by Crippen LogP contribution is 2.45. The summed E-state index contributed by atoms with van der Waals surface area (Å²) in [6.45, 7) is 7.44. The zero-order valence-electron chi connectivity index (χ0n) is 21.0. The normalized spacial score (nSPS) is 13.8. The molecule has 0 radical (unpaired) electrons. The Morgan fingerprint density at radius 1 is 0.667 bits per heavy atom. The number of rotatable bonds is 15. The standard InChI is InChI=1S/C12H20O7.C10H16O7/c1-4-7(8(13)14)12(19,10(17)18)11(5-2,6-3)9(15)16;1-3-16-7(11)5-10(15,9(13)14)6-8(12)17-4-2/h7,19H,4-6H2,1-3H3,(H,13,14)(H,15,16)(H,17,18);15H,3-6H2,1-2H3,(H,13,14). The van der Waals surface area contributed by atoms with Crippen LogP contribution in [-0.4, -0.2) is 90.9 Å². The van der Waals surface area contributed by atoms with Gasteiger partial charge in [0.05, 0.1) is 32.0 Å². The van der Waals surface area contributed by atoms with Gasteiger partial charge in [0, 0.05) is 0 Å². The van der Waals surface area contributed by atoms with E-state index < -0.39 is 71.2 Å². The Hall–Kier alpha value is -3.26. The molecule has 2 atom stereocenters. The molecule has 0 spiro atoms. The van der Waals surface area contributed by atoms with Gasteiger partial charge >= 0.3 is 35.8 Å². The highest BCUT2D eigenvalue weighted by molar-refractivity contribution is 5.93. The molecule has 0 aromatic carbocycles. The summed E-state index contributed by atoms with van der Waals surface area (Å²) >= 11 is 0. The fraction of sp³-hybridized carbons (Fsp3) is 0.727. The first-order valence-corrected chi connectivity index (χ1v) is 11.2. The van der Waals surface area contributed by atoms with Crippen LogP contribution in [0, 0.1) is 11.3 Å². The molecule has 0 aromatic heterocycles. The predicted molar refractivity (Wildman–Crippen MR) is 120 cm³/mol. The molecule has 0 aromatic rings. The Labute approximate surface area is 207 Å². The maximum absolute atomic E-state index is 11.5. The third-order valence-electron chi connectivity index (χ3n) is 5.77. The average Bonchev–Trinajstić information content (AvgIpc) is 2.75. The maximum atomic E-state index is 11.5. The fourth-order valence-electron chi connectivity index (χ4n) is 3.71. The Morgan fingerprint density at radius 3 is 1.25 bits per heavy atom. The molecule has 0 bridgehead atoms. The fourth-order valence-corrected chi connectivity index (χ4v) is 3.71. The molecule has 0 rings (SSSR count). The lowest BCUT2D eigenvalue weighted by Crippen LogP contribution is -2.63. The van der Waals surface area contributed by atoms with Gasteiger partial charge in [0.15, 0.2) is 11.2 Å². The molecule has 14 heteroatoms. The minimum atomic E-state index is -2.86. The number of esters is 2. The second kappa shape index (κ2) is 15.0. The van der Waals surface area contributed by atoms with E-state index in [-0.39, 0.29) is 32.5 Å². The van der Waals surface area contributed by atoms with Gasteiger partial charge in [-0.1, -0.05) is 20.8 Å². The summed E-state index contributed by atoms with van der Waals surface area (Å²) in [4.78, 5) is 67.1. The van der Waals surface area contributed by atoms with E-state index in [0.717, 1.165) is 0 Å². The summed E-state index contributed by atoms with van der Waals surface area (Å²) in [5.41, 5.74) is -7.39. The molecule has 6 N–H and O–H groups in total. The van der Waals surface area contributed by atoms with Gasteiger partial charge < -0.3 is 40.1 Å². The van der Waals surface area contributed by atoms with Crippen molar-refractivity contribution in [1.82, 2.24) is 0 Å². The largest absolute Gasteiger partial charge is 0.481 e. The van der Waals surface area contributed by atoms with Crippen molar-refractivity contribution in [1.29, 1.82) is 0 Å². The molecule has 0 aliphatic heterocycles. The van der Waals surface area contributed by atoms with Crippen LogP contribution in [0.5, 0.6) is 0 Å². The number of hydrogen-bond acceptors (Lipinski definition) is 10. The van der Waals surface area contributed by atoms with Crippen molar-refractivity contribution in [2.75, 3.05) is 13.2 Å². The molecule has 0 heterocycles. The smallest absolute Gasteiger partial charge is 0.337 e. The third kappa shape index (κ3) is 8.16. The van der Waals surface area contributed by atoms with Crippen LogP contribution < -0.4 is 0 Å². The summed E-state index contributed by atoms with van der Waals surface area (Å²) in [6.07, 6.45) is -2.16. The maximum Gasteiger partial charge on any atom is 0.337 e. The summed E-state index contributed by atoms with van der Waals surface area (Å²) in [5, 5.41) is 56.6. The van der Waals surface area contributed by atoms with Crippen molar-refractivity contribution in [3.8, 4) is 0 Å². The van der Waals surface area contributed by atoms with E-state index in [0.29, 0.717) is 0 Å². The van der Waals surface area contributed by atoms with E-state index in [2.05, 4.69) is 9.47 Å². The van der Waals surface area contributed by atoms with Crippen molar-refractivity contribution in [2.45, 2.75) is 77.9 Å². The predicted octanol–water partition coefficient (Wildman–Crippen LogP) is 0.512. The minimum Gasteiger partial charge on any atom is -0.481 e. The number of aliphatic carboxylic acids is 4. The first kappa shape index (κ1) is 34.9. The van der Waals surface area contributed by atoms with Gasteiger partial charge in [0.1, 0.15) is 5.41 Å². The Morgan fingerprint density at radius 2 is 1.06 bits per heavy atom. The van der Waals surface area contributed by atoms with Gasteiger partial charge in [-0.15, -0.1) is 0 Å². The molecule has 36 heavy (non-hydrogen) atoms. The van der Waals surface area contributed by atoms with Crippen LogP contribution in [0.3, 0.4) is 0 Å². The number of ether oxygens (including phenoxy) is 2. The molecule has 14 nitrogen and oxygen atoms in total. The molecule has 2 unspecified atom stereocenters. The molecule has 0 aliphatic carbocycles. The molecular formula is C22H36O14. The molecular weight excluding hydrogens is 488 g/mol. The van der Waals surface area contributed by atoms with Gasteiger partial charge in [-0.2, -0.15) is 0 Å². The van der Waals surface area contributed by atoms with E-state index >= 15 is 0 Å². The number of carbonyl (C=O) groups excluding carboxylic acids is 2. The number of carboxylic acid groups (broad SMARTS) is 4. The number of carbonyl (C=O) groups is 6. The van der Waals surface area contributed by atoms with Gasteiger partial charge in [-0.05, 0) is 33.1 Å². The second-order valence-corrected chi connectivity index (χ2v) is 7.77. The monoisotopic (exact) mass is 524 g/mol. The van der Waals surface area contributed by atoms with Crippen molar-refractivity contribution in [2.24, 2.45) is 11.3 Å². The third-order valence-corrected chi connectivity index (χ3v) is 5.77.